The van der Waals surface area contributed by atoms with Gasteiger partial charge < -0.3 is 10.1 Å². The van der Waals surface area contributed by atoms with Gasteiger partial charge in [0.25, 0.3) is 0 Å². The predicted molar refractivity (Wildman–Crippen MR) is 114 cm³/mol. The first-order chi connectivity index (χ1) is 14.0. The van der Waals surface area contributed by atoms with E-state index in [0.717, 1.165) is 22.4 Å². The molecule has 0 heterocycles. The SMILES string of the molecule is COc1ccc(CN(C)C(C)C(=O)Nc2ccccc2-c2ccccc2)cc1F. The number of ether oxygens (including phenoxy) is 1. The van der Waals surface area contributed by atoms with Gasteiger partial charge in [0.1, 0.15) is 0 Å². The van der Waals surface area contributed by atoms with Crippen LogP contribution < -0.4 is 10.1 Å². The number of nitrogens with zero attached hydrogens (tertiary/aromatic N) is 1. The number of anilines is 1. The van der Waals surface area contributed by atoms with E-state index in [1.54, 1.807) is 12.1 Å². The highest BCUT2D eigenvalue weighted by atomic mass is 19.1. The predicted octanol–water partition coefficient (Wildman–Crippen LogP) is 4.96. The van der Waals surface area contributed by atoms with E-state index in [4.69, 9.17) is 4.74 Å². The van der Waals surface area contributed by atoms with Crippen molar-refractivity contribution in [2.45, 2.75) is 19.5 Å². The van der Waals surface area contributed by atoms with Gasteiger partial charge in [-0.1, -0.05) is 54.6 Å². The molecule has 3 aromatic rings. The number of para-hydroxylation sites is 1. The number of carbonyl (C=O) groups excluding carboxylic acids is 1. The Labute approximate surface area is 170 Å². The average molecular weight is 392 g/mol. The van der Waals surface area contributed by atoms with Crippen LogP contribution >= 0.6 is 0 Å². The summed E-state index contributed by atoms with van der Waals surface area (Å²) in [6.45, 7) is 2.27. The molecule has 0 aliphatic carbocycles. The van der Waals surface area contributed by atoms with Gasteiger partial charge >= 0.3 is 0 Å². The molecule has 1 N–H and O–H groups in total. The summed E-state index contributed by atoms with van der Waals surface area (Å²) in [5, 5.41) is 3.03. The van der Waals surface area contributed by atoms with Crippen molar-refractivity contribution in [1.82, 2.24) is 4.90 Å². The summed E-state index contributed by atoms with van der Waals surface area (Å²) in [4.78, 5) is 14.7. The van der Waals surface area contributed by atoms with Crippen LogP contribution in [-0.2, 0) is 11.3 Å². The standard InChI is InChI=1S/C24H25FN2O2/c1-17(27(2)16-18-13-14-23(29-3)21(25)15-18)24(28)26-22-12-8-7-11-20(22)19-9-5-4-6-10-19/h4-15,17H,16H2,1-3H3,(H,26,28). The molecule has 3 aromatic carbocycles. The molecule has 1 amide bonds. The zero-order chi connectivity index (χ0) is 20.8. The van der Waals surface area contributed by atoms with Crippen molar-refractivity contribution in [3.63, 3.8) is 0 Å². The molecule has 0 aromatic heterocycles. The van der Waals surface area contributed by atoms with Gasteiger partial charge in [-0.25, -0.2) is 4.39 Å². The quantitative estimate of drug-likeness (QED) is 0.618. The fourth-order valence-electron chi connectivity index (χ4n) is 3.13. The minimum absolute atomic E-state index is 0.120. The Morgan fingerprint density at radius 1 is 1.07 bits per heavy atom. The van der Waals surface area contributed by atoms with Crippen LogP contribution in [0.15, 0.2) is 72.8 Å². The number of halogens is 1. The highest BCUT2D eigenvalue weighted by molar-refractivity contribution is 5.98. The van der Waals surface area contributed by atoms with Gasteiger partial charge in [0.2, 0.25) is 5.91 Å². The maximum absolute atomic E-state index is 13.9. The number of benzene rings is 3. The summed E-state index contributed by atoms with van der Waals surface area (Å²) < 4.78 is 18.9. The molecule has 4 nitrogen and oxygen atoms in total. The lowest BCUT2D eigenvalue weighted by atomic mass is 10.0. The maximum atomic E-state index is 13.9. The molecule has 0 saturated heterocycles. The summed E-state index contributed by atoms with van der Waals surface area (Å²) in [6, 6.07) is 22.1. The lowest BCUT2D eigenvalue weighted by Gasteiger charge is -2.24. The monoisotopic (exact) mass is 392 g/mol. The van der Waals surface area contributed by atoms with E-state index in [1.165, 1.54) is 13.2 Å². The van der Waals surface area contributed by atoms with Crippen molar-refractivity contribution in [2.75, 3.05) is 19.5 Å². The maximum Gasteiger partial charge on any atom is 0.241 e. The van der Waals surface area contributed by atoms with Gasteiger partial charge in [-0.15, -0.1) is 0 Å². The van der Waals surface area contributed by atoms with Crippen molar-refractivity contribution in [3.05, 3.63) is 84.2 Å². The Hall–Kier alpha value is -3.18. The molecule has 150 valence electrons. The zero-order valence-corrected chi connectivity index (χ0v) is 16.9. The second-order valence-electron chi connectivity index (χ2n) is 6.96. The third-order valence-corrected chi connectivity index (χ3v) is 4.96. The highest BCUT2D eigenvalue weighted by Gasteiger charge is 2.20. The first-order valence-corrected chi connectivity index (χ1v) is 9.47. The highest BCUT2D eigenvalue weighted by Crippen LogP contribution is 2.28. The van der Waals surface area contributed by atoms with Crippen molar-refractivity contribution in [2.24, 2.45) is 0 Å². The van der Waals surface area contributed by atoms with Crippen molar-refractivity contribution in [3.8, 4) is 16.9 Å². The number of methoxy groups -OCH3 is 1. The molecule has 1 unspecified atom stereocenters. The van der Waals surface area contributed by atoms with Crippen LogP contribution in [0.2, 0.25) is 0 Å². The second-order valence-corrected chi connectivity index (χ2v) is 6.96. The van der Waals surface area contributed by atoms with Gasteiger partial charge in [0.05, 0.1) is 13.2 Å². The van der Waals surface area contributed by atoms with Crippen LogP contribution in [-0.4, -0.2) is 31.0 Å². The summed E-state index contributed by atoms with van der Waals surface area (Å²) >= 11 is 0. The van der Waals surface area contributed by atoms with E-state index in [9.17, 15) is 9.18 Å². The smallest absolute Gasteiger partial charge is 0.241 e. The number of amides is 1. The fourth-order valence-corrected chi connectivity index (χ4v) is 3.13. The summed E-state index contributed by atoms with van der Waals surface area (Å²) in [5.41, 5.74) is 3.54. The Balaban J connectivity index is 1.70. The Morgan fingerprint density at radius 2 is 1.76 bits per heavy atom. The van der Waals surface area contributed by atoms with Gasteiger partial charge in [0.15, 0.2) is 11.6 Å². The fraction of sp³-hybridized carbons (Fsp3) is 0.208. The number of hydrogen-bond donors (Lipinski definition) is 1. The average Bonchev–Trinajstić information content (AvgIpc) is 2.74. The molecule has 0 saturated carbocycles. The van der Waals surface area contributed by atoms with Gasteiger partial charge in [-0.3, -0.25) is 9.69 Å². The number of nitrogens with one attached hydrogen (secondary N) is 1. The van der Waals surface area contributed by atoms with E-state index >= 15 is 0 Å². The van der Waals surface area contributed by atoms with Crippen LogP contribution in [0.5, 0.6) is 5.75 Å². The van der Waals surface area contributed by atoms with Crippen LogP contribution in [0.3, 0.4) is 0 Å². The van der Waals surface area contributed by atoms with Crippen LogP contribution in [0.1, 0.15) is 12.5 Å². The summed E-state index contributed by atoms with van der Waals surface area (Å²) in [7, 11) is 3.28. The minimum Gasteiger partial charge on any atom is -0.494 e. The lowest BCUT2D eigenvalue weighted by molar-refractivity contribution is -0.120. The molecule has 0 aliphatic heterocycles. The van der Waals surface area contributed by atoms with E-state index in [2.05, 4.69) is 5.32 Å². The molecule has 0 bridgehead atoms. The van der Waals surface area contributed by atoms with Crippen LogP contribution in [0.4, 0.5) is 10.1 Å². The zero-order valence-electron chi connectivity index (χ0n) is 16.9. The molecule has 0 radical (unpaired) electrons. The minimum atomic E-state index is -0.410. The van der Waals surface area contributed by atoms with Gasteiger partial charge in [0, 0.05) is 17.8 Å². The van der Waals surface area contributed by atoms with E-state index in [1.807, 2.05) is 73.5 Å². The lowest BCUT2D eigenvalue weighted by Crippen LogP contribution is -2.39. The number of rotatable bonds is 7. The molecular formula is C24H25FN2O2. The second kappa shape index (κ2) is 9.34. The third kappa shape index (κ3) is 5.00. The molecule has 5 heteroatoms. The largest absolute Gasteiger partial charge is 0.494 e. The molecule has 0 fully saturated rings. The number of likely N-dealkylation sites (N-methyl/N-ethyl adjacent to an activating group) is 1. The Kier molecular flexibility index (Phi) is 6.62. The number of carbonyl (C=O) groups is 1. The van der Waals surface area contributed by atoms with Crippen molar-refractivity contribution < 1.29 is 13.9 Å². The molecule has 0 aliphatic rings. The Bertz CT molecular complexity index is 976. The molecule has 29 heavy (non-hydrogen) atoms. The van der Waals surface area contributed by atoms with E-state index in [0.29, 0.717) is 6.54 Å². The van der Waals surface area contributed by atoms with E-state index in [-0.39, 0.29) is 11.7 Å². The third-order valence-electron chi connectivity index (χ3n) is 4.96. The summed E-state index contributed by atoms with van der Waals surface area (Å²) in [5.74, 6) is -0.322. The number of hydrogen-bond acceptors (Lipinski definition) is 3. The summed E-state index contributed by atoms with van der Waals surface area (Å²) in [6.07, 6.45) is 0. The topological polar surface area (TPSA) is 41.6 Å². The van der Waals surface area contributed by atoms with Gasteiger partial charge in [-0.05, 0) is 43.3 Å². The van der Waals surface area contributed by atoms with Gasteiger partial charge in [-0.2, -0.15) is 0 Å². The van der Waals surface area contributed by atoms with Crippen molar-refractivity contribution >= 4 is 11.6 Å². The first kappa shape index (κ1) is 20.6. The first-order valence-electron chi connectivity index (χ1n) is 9.47. The van der Waals surface area contributed by atoms with Crippen LogP contribution in [0, 0.1) is 5.82 Å². The molecule has 1 atom stereocenters. The van der Waals surface area contributed by atoms with E-state index < -0.39 is 11.9 Å². The molecule has 3 rings (SSSR count). The normalized spacial score (nSPS) is 11.9. The molecular weight excluding hydrogens is 367 g/mol. The molecule has 0 spiro atoms. The van der Waals surface area contributed by atoms with Crippen molar-refractivity contribution in [1.29, 1.82) is 0 Å². The van der Waals surface area contributed by atoms with Crippen LogP contribution in [0.25, 0.3) is 11.1 Å². The Morgan fingerprint density at radius 3 is 2.45 bits per heavy atom.